The Hall–Kier alpha value is -1.73. The van der Waals surface area contributed by atoms with Crippen LogP contribution >= 0.6 is 27.5 Å². The van der Waals surface area contributed by atoms with Gasteiger partial charge in [0, 0.05) is 22.8 Å². The highest BCUT2D eigenvalue weighted by Gasteiger charge is 2.20. The third kappa shape index (κ3) is 3.18. The molecule has 0 saturated heterocycles. The van der Waals surface area contributed by atoms with Crippen LogP contribution in [-0.2, 0) is 0 Å². The van der Waals surface area contributed by atoms with E-state index in [1.807, 2.05) is 0 Å². The lowest BCUT2D eigenvalue weighted by molar-refractivity contribution is -0.385. The number of halogens is 3. The van der Waals surface area contributed by atoms with E-state index in [1.165, 1.54) is 12.4 Å². The molecule has 0 unspecified atom stereocenters. The minimum absolute atomic E-state index is 0.235. The average molecular weight is 348 g/mol. The Balaban J connectivity index is 2.44. The summed E-state index contributed by atoms with van der Waals surface area (Å²) < 4.78 is 19.2. The summed E-state index contributed by atoms with van der Waals surface area (Å²) in [4.78, 5) is 14.0. The van der Waals surface area contributed by atoms with Crippen molar-refractivity contribution in [1.82, 2.24) is 4.98 Å². The lowest BCUT2D eigenvalue weighted by Gasteiger charge is -2.07. The summed E-state index contributed by atoms with van der Waals surface area (Å²) in [5, 5.41) is 10.5. The first kappa shape index (κ1) is 13.7. The van der Waals surface area contributed by atoms with E-state index in [4.69, 9.17) is 16.3 Å². The zero-order valence-corrected chi connectivity index (χ0v) is 11.5. The molecule has 8 heteroatoms. The van der Waals surface area contributed by atoms with E-state index in [-0.39, 0.29) is 16.5 Å². The van der Waals surface area contributed by atoms with Crippen molar-refractivity contribution in [2.24, 2.45) is 0 Å². The van der Waals surface area contributed by atoms with E-state index >= 15 is 0 Å². The molecule has 1 aromatic carbocycles. The number of benzene rings is 1. The molecule has 0 saturated carbocycles. The maximum absolute atomic E-state index is 13.3. The van der Waals surface area contributed by atoms with E-state index in [2.05, 4.69) is 20.9 Å². The third-order valence-electron chi connectivity index (χ3n) is 2.11. The standard InChI is InChI=1S/C11H5BrClFN2O3/c12-6-1-7(5-15-4-6)19-11-3-9(14)8(13)2-10(11)16(17)18/h1-5H. The molecule has 98 valence electrons. The highest BCUT2D eigenvalue weighted by Crippen LogP contribution is 2.35. The van der Waals surface area contributed by atoms with E-state index < -0.39 is 16.4 Å². The summed E-state index contributed by atoms with van der Waals surface area (Å²) in [6, 6.07) is 3.31. The summed E-state index contributed by atoms with van der Waals surface area (Å²) >= 11 is 8.68. The van der Waals surface area contributed by atoms with Crippen LogP contribution in [-0.4, -0.2) is 9.91 Å². The van der Waals surface area contributed by atoms with E-state index in [1.54, 1.807) is 6.07 Å². The van der Waals surface area contributed by atoms with Gasteiger partial charge >= 0.3 is 5.69 Å². The van der Waals surface area contributed by atoms with Crippen molar-refractivity contribution in [3.8, 4) is 11.5 Å². The Morgan fingerprint density at radius 1 is 1.37 bits per heavy atom. The Bertz CT molecular complexity index is 654. The highest BCUT2D eigenvalue weighted by molar-refractivity contribution is 9.10. The molecule has 0 amide bonds. The summed E-state index contributed by atoms with van der Waals surface area (Å²) in [5.74, 6) is -0.809. The number of pyridine rings is 1. The van der Waals surface area contributed by atoms with Crippen molar-refractivity contribution >= 4 is 33.2 Å². The first-order chi connectivity index (χ1) is 8.97. The maximum Gasteiger partial charge on any atom is 0.313 e. The van der Waals surface area contributed by atoms with Crippen molar-refractivity contribution in [2.45, 2.75) is 0 Å². The SMILES string of the molecule is O=[N+]([O-])c1cc(Cl)c(F)cc1Oc1cncc(Br)c1. The average Bonchev–Trinajstić information content (AvgIpc) is 2.33. The van der Waals surface area contributed by atoms with Crippen LogP contribution in [0.4, 0.5) is 10.1 Å². The topological polar surface area (TPSA) is 65.3 Å². The molecule has 0 radical (unpaired) electrons. The number of hydrogen-bond acceptors (Lipinski definition) is 4. The monoisotopic (exact) mass is 346 g/mol. The van der Waals surface area contributed by atoms with Gasteiger partial charge in [0.15, 0.2) is 0 Å². The lowest BCUT2D eigenvalue weighted by atomic mass is 10.3. The predicted molar refractivity (Wildman–Crippen MR) is 70.1 cm³/mol. The molecule has 1 heterocycles. The van der Waals surface area contributed by atoms with Gasteiger partial charge in [0.1, 0.15) is 11.6 Å². The number of ether oxygens (including phenoxy) is 1. The van der Waals surface area contributed by atoms with Gasteiger partial charge < -0.3 is 4.74 Å². The van der Waals surface area contributed by atoms with Crippen LogP contribution in [0.15, 0.2) is 35.1 Å². The van der Waals surface area contributed by atoms with Crippen LogP contribution in [0.2, 0.25) is 5.02 Å². The van der Waals surface area contributed by atoms with Gasteiger partial charge in [0.2, 0.25) is 5.75 Å². The Labute approximate surface area is 120 Å². The predicted octanol–water partition coefficient (Wildman–Crippen LogP) is 4.34. The number of rotatable bonds is 3. The molecule has 5 nitrogen and oxygen atoms in total. The molecule has 2 aromatic rings. The second kappa shape index (κ2) is 5.50. The van der Waals surface area contributed by atoms with Crippen LogP contribution in [0.3, 0.4) is 0 Å². The van der Waals surface area contributed by atoms with Gasteiger partial charge in [-0.25, -0.2) is 4.39 Å². The third-order valence-corrected chi connectivity index (χ3v) is 2.83. The van der Waals surface area contributed by atoms with Crippen LogP contribution in [0, 0.1) is 15.9 Å². The number of nitro benzene ring substituents is 1. The normalized spacial score (nSPS) is 10.3. The van der Waals surface area contributed by atoms with Crippen LogP contribution in [0.25, 0.3) is 0 Å². The Kier molecular flexibility index (Phi) is 3.96. The maximum atomic E-state index is 13.3. The van der Waals surface area contributed by atoms with Crippen LogP contribution in [0.1, 0.15) is 0 Å². The van der Waals surface area contributed by atoms with Gasteiger partial charge in [-0.3, -0.25) is 15.1 Å². The quantitative estimate of drug-likeness (QED) is 0.612. The molecular formula is C11H5BrClFN2O3. The molecule has 0 fully saturated rings. The highest BCUT2D eigenvalue weighted by atomic mass is 79.9. The van der Waals surface area contributed by atoms with Crippen molar-refractivity contribution in [1.29, 1.82) is 0 Å². The Morgan fingerprint density at radius 3 is 2.74 bits per heavy atom. The molecule has 19 heavy (non-hydrogen) atoms. The van der Waals surface area contributed by atoms with Gasteiger partial charge in [-0.05, 0) is 22.0 Å². The lowest BCUT2D eigenvalue weighted by Crippen LogP contribution is -1.95. The molecule has 0 spiro atoms. The summed E-state index contributed by atoms with van der Waals surface area (Å²) in [5.41, 5.74) is -0.425. The van der Waals surface area contributed by atoms with Crippen molar-refractivity contribution in [3.63, 3.8) is 0 Å². The van der Waals surface area contributed by atoms with E-state index in [0.717, 1.165) is 12.1 Å². The van der Waals surface area contributed by atoms with Crippen molar-refractivity contribution in [2.75, 3.05) is 0 Å². The van der Waals surface area contributed by atoms with Gasteiger partial charge in [-0.1, -0.05) is 11.6 Å². The number of nitro groups is 1. The zero-order chi connectivity index (χ0) is 14.0. The van der Waals surface area contributed by atoms with Gasteiger partial charge in [0.25, 0.3) is 0 Å². The van der Waals surface area contributed by atoms with E-state index in [9.17, 15) is 14.5 Å². The fourth-order valence-electron chi connectivity index (χ4n) is 1.32. The molecule has 0 atom stereocenters. The van der Waals surface area contributed by atoms with Crippen molar-refractivity contribution in [3.05, 3.63) is 56.0 Å². The summed E-state index contributed by atoms with van der Waals surface area (Å²) in [6.45, 7) is 0. The van der Waals surface area contributed by atoms with Gasteiger partial charge in [-0.2, -0.15) is 0 Å². The minimum atomic E-state index is -0.801. The van der Waals surface area contributed by atoms with Crippen LogP contribution < -0.4 is 4.74 Å². The second-order valence-corrected chi connectivity index (χ2v) is 4.75. The van der Waals surface area contributed by atoms with Crippen LogP contribution in [0.5, 0.6) is 11.5 Å². The zero-order valence-electron chi connectivity index (χ0n) is 9.14. The molecule has 0 aliphatic carbocycles. The molecule has 1 aromatic heterocycles. The first-order valence-corrected chi connectivity index (χ1v) is 6.06. The minimum Gasteiger partial charge on any atom is -0.448 e. The number of aromatic nitrogens is 1. The fraction of sp³-hybridized carbons (Fsp3) is 0. The van der Waals surface area contributed by atoms with Gasteiger partial charge in [-0.15, -0.1) is 0 Å². The first-order valence-electron chi connectivity index (χ1n) is 4.89. The Morgan fingerprint density at radius 2 is 2.11 bits per heavy atom. The largest absolute Gasteiger partial charge is 0.448 e. The summed E-state index contributed by atoms with van der Waals surface area (Å²) in [7, 11) is 0. The van der Waals surface area contributed by atoms with Crippen molar-refractivity contribution < 1.29 is 14.1 Å². The molecular weight excluding hydrogens is 342 g/mol. The smallest absolute Gasteiger partial charge is 0.313 e. The molecule has 0 aliphatic rings. The molecule has 0 bridgehead atoms. The molecule has 2 rings (SSSR count). The molecule has 0 N–H and O–H groups in total. The number of nitrogens with zero attached hydrogens (tertiary/aromatic N) is 2. The number of hydrogen-bond donors (Lipinski definition) is 0. The second-order valence-electron chi connectivity index (χ2n) is 3.43. The molecule has 0 aliphatic heterocycles. The van der Waals surface area contributed by atoms with E-state index in [0.29, 0.717) is 4.47 Å². The fourth-order valence-corrected chi connectivity index (χ4v) is 1.82. The summed E-state index contributed by atoms with van der Waals surface area (Å²) in [6.07, 6.45) is 2.87. The van der Waals surface area contributed by atoms with Gasteiger partial charge in [0.05, 0.1) is 16.1 Å².